The van der Waals surface area contributed by atoms with Crippen LogP contribution in [0.3, 0.4) is 0 Å². The molecule has 0 spiro atoms. The molecule has 226 valence electrons. The third kappa shape index (κ3) is 4.23. The molecular weight excluding hydrogens is 526 g/mol. The van der Waals surface area contributed by atoms with Crippen molar-refractivity contribution in [2.24, 2.45) is 44.8 Å². The van der Waals surface area contributed by atoms with Crippen LogP contribution >= 0.6 is 0 Å². The fraction of sp³-hybridized carbons (Fsp3) is 0.871. The van der Waals surface area contributed by atoms with Crippen LogP contribution in [0.5, 0.6) is 0 Å². The van der Waals surface area contributed by atoms with Crippen LogP contribution in [0.4, 0.5) is 4.79 Å². The number of fused-ring (bicyclic) bond motifs is 7. The van der Waals surface area contributed by atoms with Crippen LogP contribution in [0.15, 0.2) is 11.6 Å². The monoisotopic (exact) mass is 577 g/mol. The van der Waals surface area contributed by atoms with Gasteiger partial charge in [0.15, 0.2) is 5.78 Å². The normalized spacial score (nSPS) is 48.0. The highest BCUT2D eigenvalue weighted by Gasteiger charge is 2.70. The van der Waals surface area contributed by atoms with Gasteiger partial charge in [0, 0.05) is 17.5 Å². The number of carbonyl (C=O) groups excluding carboxylic acids is 2. The summed E-state index contributed by atoms with van der Waals surface area (Å²) in [6.07, 6.45) is 11.4. The second kappa shape index (κ2) is 9.03. The molecule has 0 unspecified atom stereocenters. The zero-order valence-corrected chi connectivity index (χ0v) is 26.6. The first-order chi connectivity index (χ1) is 18.2. The predicted octanol–water partition coefficient (Wildman–Crippen LogP) is 5.33. The number of rotatable bonds is 3. The summed E-state index contributed by atoms with van der Waals surface area (Å²) in [6.45, 7) is 15.9. The van der Waals surface area contributed by atoms with Gasteiger partial charge in [-0.2, -0.15) is 0 Å². The summed E-state index contributed by atoms with van der Waals surface area (Å²) >= 11 is 0. The Balaban J connectivity index is 1.54. The molecule has 40 heavy (non-hydrogen) atoms. The number of ketones is 1. The Kier molecular flexibility index (Phi) is 6.77. The second-order valence-corrected chi connectivity index (χ2v) is 17.9. The minimum atomic E-state index is -3.33. The topological polar surface area (TPSA) is 125 Å². The molecule has 5 rings (SSSR count). The molecule has 0 saturated heterocycles. The summed E-state index contributed by atoms with van der Waals surface area (Å²) in [5.41, 5.74) is 1.81. The highest BCUT2D eigenvalue weighted by molar-refractivity contribution is 7.88. The number of hydrogen-bond acceptors (Lipinski definition) is 5. The number of amides is 2. The smallest absolute Gasteiger partial charge is 0.331 e. The summed E-state index contributed by atoms with van der Waals surface area (Å²) in [7, 11) is -3.33. The zero-order valence-electron chi connectivity index (χ0n) is 25.7. The Bertz CT molecular complexity index is 1250. The van der Waals surface area contributed by atoms with Crippen LogP contribution in [0.1, 0.15) is 106 Å². The van der Waals surface area contributed by atoms with E-state index in [1.54, 1.807) is 5.48 Å². The lowest BCUT2D eigenvalue weighted by molar-refractivity contribution is -0.187. The van der Waals surface area contributed by atoms with E-state index in [0.29, 0.717) is 0 Å². The largest absolute Gasteiger partial charge is 0.338 e. The van der Waals surface area contributed by atoms with Gasteiger partial charge in [-0.1, -0.05) is 47.1 Å². The number of nitrogens with one attached hydrogen (secondary N) is 3. The first-order valence-electron chi connectivity index (χ1n) is 15.2. The minimum absolute atomic E-state index is 0.0736. The summed E-state index contributed by atoms with van der Waals surface area (Å²) < 4.78 is 27.3. The van der Waals surface area contributed by atoms with Gasteiger partial charge >= 0.3 is 6.03 Å². The minimum Gasteiger partial charge on any atom is -0.331 e. The highest BCUT2D eigenvalue weighted by Crippen LogP contribution is 2.74. The van der Waals surface area contributed by atoms with E-state index in [1.807, 2.05) is 6.08 Å². The van der Waals surface area contributed by atoms with Gasteiger partial charge in [-0.05, 0) is 110 Å². The van der Waals surface area contributed by atoms with Gasteiger partial charge in [0.2, 0.25) is 10.0 Å². The van der Waals surface area contributed by atoms with Gasteiger partial charge < -0.3 is 5.32 Å². The van der Waals surface area contributed by atoms with E-state index in [2.05, 4.69) is 58.5 Å². The lowest BCUT2D eigenvalue weighted by Gasteiger charge is -2.70. The maximum atomic E-state index is 14.5. The Morgan fingerprint density at radius 1 is 0.950 bits per heavy atom. The van der Waals surface area contributed by atoms with Gasteiger partial charge in [-0.15, -0.1) is 0 Å². The summed E-state index contributed by atoms with van der Waals surface area (Å²) in [5, 5.41) is 12.2. The first kappa shape index (κ1) is 30.0. The SMILES string of the molecule is CC1(C)[C@@H](NS(C)(=O)=O)CC[C@]2(C)[C@H]3C(=O)C=C4[C@@H]5C[C@@](C)(NC(=O)NO)CC[C@]5(C)CC[C@@]4(C)[C@]3(C)CC[C@@H]12. The number of allylic oxidation sites excluding steroid dienone is 2. The molecule has 9 atom stereocenters. The van der Waals surface area contributed by atoms with Gasteiger partial charge in [-0.3, -0.25) is 10.0 Å². The Morgan fingerprint density at radius 3 is 2.23 bits per heavy atom. The van der Waals surface area contributed by atoms with E-state index in [1.165, 1.54) is 11.8 Å². The summed E-state index contributed by atoms with van der Waals surface area (Å²) in [4.78, 5) is 26.6. The standard InChI is InChI=1S/C31H51N3O5S/c1-26(2)22-9-12-31(7)24(29(22,5)11-10-23(26)34-40(8,38)39)21(35)17-19-20-18-28(4,32-25(36)33-37)15-13-27(20,3)14-16-30(19,31)6/h17,20,22-24,34,37H,9-16,18H2,1-8H3,(H2,32,33,36)/t20-,22-,23-,24+,27+,28-,29-,30+,31+/m0/s1. The number of urea groups is 1. The third-order valence-electron chi connectivity index (χ3n) is 13.5. The maximum Gasteiger partial charge on any atom is 0.338 e. The van der Waals surface area contributed by atoms with E-state index in [0.717, 1.165) is 57.8 Å². The van der Waals surface area contributed by atoms with Crippen LogP contribution in [0, 0.1) is 44.8 Å². The van der Waals surface area contributed by atoms with Gasteiger partial charge in [0.25, 0.3) is 0 Å². The lowest BCUT2D eigenvalue weighted by Crippen LogP contribution is -2.68. The molecule has 5 aliphatic carbocycles. The van der Waals surface area contributed by atoms with E-state index in [9.17, 15) is 18.0 Å². The quantitative estimate of drug-likeness (QED) is 0.267. The van der Waals surface area contributed by atoms with Crippen molar-refractivity contribution in [3.8, 4) is 0 Å². The Labute approximate surface area is 240 Å². The van der Waals surface area contributed by atoms with Crippen molar-refractivity contribution >= 4 is 21.8 Å². The van der Waals surface area contributed by atoms with Crippen molar-refractivity contribution in [2.75, 3.05) is 6.26 Å². The molecule has 5 aliphatic rings. The summed E-state index contributed by atoms with van der Waals surface area (Å²) in [5.74, 6) is 0.553. The Morgan fingerprint density at radius 2 is 1.60 bits per heavy atom. The van der Waals surface area contributed by atoms with Gasteiger partial charge in [0.1, 0.15) is 0 Å². The van der Waals surface area contributed by atoms with Crippen LogP contribution in [-0.2, 0) is 14.8 Å². The fourth-order valence-corrected chi connectivity index (χ4v) is 12.0. The molecule has 4 saturated carbocycles. The van der Waals surface area contributed by atoms with E-state index < -0.39 is 21.6 Å². The van der Waals surface area contributed by atoms with Crippen LogP contribution in [-0.4, -0.2) is 43.3 Å². The van der Waals surface area contributed by atoms with E-state index >= 15 is 0 Å². The zero-order chi connectivity index (χ0) is 29.7. The first-order valence-corrected chi connectivity index (χ1v) is 17.1. The third-order valence-corrected chi connectivity index (χ3v) is 14.2. The number of carbonyl (C=O) groups is 2. The van der Waals surface area contributed by atoms with Crippen molar-refractivity contribution in [1.29, 1.82) is 0 Å². The van der Waals surface area contributed by atoms with Crippen molar-refractivity contribution in [1.82, 2.24) is 15.5 Å². The molecule has 0 aromatic heterocycles. The molecule has 9 heteroatoms. The van der Waals surface area contributed by atoms with Crippen molar-refractivity contribution in [3.05, 3.63) is 11.6 Å². The Hall–Kier alpha value is -1.45. The molecule has 2 amide bonds. The number of hydrogen-bond donors (Lipinski definition) is 4. The van der Waals surface area contributed by atoms with E-state index in [-0.39, 0.29) is 56.7 Å². The molecule has 4 N–H and O–H groups in total. The number of hydroxylamine groups is 1. The van der Waals surface area contributed by atoms with Crippen LogP contribution in [0.2, 0.25) is 0 Å². The fourth-order valence-electron chi connectivity index (χ4n) is 11.1. The average molecular weight is 578 g/mol. The molecule has 0 aliphatic heterocycles. The van der Waals surface area contributed by atoms with Crippen molar-refractivity contribution in [3.63, 3.8) is 0 Å². The maximum absolute atomic E-state index is 14.5. The van der Waals surface area contributed by atoms with Gasteiger partial charge in [-0.25, -0.2) is 23.4 Å². The molecule has 8 nitrogen and oxygen atoms in total. The molecule has 0 radical (unpaired) electrons. The van der Waals surface area contributed by atoms with Crippen LogP contribution in [0.25, 0.3) is 0 Å². The molecule has 0 aromatic rings. The second-order valence-electron chi connectivity index (χ2n) is 16.1. The summed E-state index contributed by atoms with van der Waals surface area (Å²) in [6, 6.07) is -0.718. The van der Waals surface area contributed by atoms with Crippen LogP contribution < -0.4 is 15.5 Å². The molecule has 0 aromatic carbocycles. The van der Waals surface area contributed by atoms with Gasteiger partial charge in [0.05, 0.1) is 6.26 Å². The van der Waals surface area contributed by atoms with Crippen molar-refractivity contribution in [2.45, 2.75) is 118 Å². The highest BCUT2D eigenvalue weighted by atomic mass is 32.2. The molecule has 0 bridgehead atoms. The molecule has 4 fully saturated rings. The lowest BCUT2D eigenvalue weighted by atomic mass is 9.33. The average Bonchev–Trinajstić information content (AvgIpc) is 2.82. The molecule has 0 heterocycles. The number of sulfonamides is 1. The van der Waals surface area contributed by atoms with E-state index in [4.69, 9.17) is 5.21 Å². The predicted molar refractivity (Wildman–Crippen MR) is 155 cm³/mol. The van der Waals surface area contributed by atoms with Crippen molar-refractivity contribution < 1.29 is 23.2 Å². The molecular formula is C31H51N3O5S.